The maximum Gasteiger partial charge on any atom is 0.227 e. The van der Waals surface area contributed by atoms with E-state index in [1.54, 1.807) is 12.1 Å². The van der Waals surface area contributed by atoms with Crippen LogP contribution in [0.1, 0.15) is 25.3 Å². The highest BCUT2D eigenvalue weighted by Gasteiger charge is 2.14. The quantitative estimate of drug-likeness (QED) is 0.718. The van der Waals surface area contributed by atoms with Crippen LogP contribution in [0.3, 0.4) is 0 Å². The molecule has 0 saturated carbocycles. The van der Waals surface area contributed by atoms with Crippen molar-refractivity contribution in [2.24, 2.45) is 0 Å². The van der Waals surface area contributed by atoms with Crippen molar-refractivity contribution in [2.45, 2.75) is 19.8 Å². The molecule has 0 atom stereocenters. The summed E-state index contributed by atoms with van der Waals surface area (Å²) in [6.45, 7) is 4.29. The van der Waals surface area contributed by atoms with Crippen LogP contribution in [-0.2, 0) is 0 Å². The Morgan fingerprint density at radius 2 is 1.77 bits per heavy atom. The normalized spacial score (nSPS) is 11.3. The van der Waals surface area contributed by atoms with Crippen molar-refractivity contribution in [1.29, 1.82) is 0 Å². The molecule has 5 heteroatoms. The van der Waals surface area contributed by atoms with Crippen molar-refractivity contribution in [2.75, 3.05) is 18.6 Å². The molecule has 0 saturated heterocycles. The van der Waals surface area contributed by atoms with Gasteiger partial charge in [0.1, 0.15) is 5.52 Å². The summed E-state index contributed by atoms with van der Waals surface area (Å²) >= 11 is 0. The topological polar surface area (TPSA) is 87.3 Å². The Labute approximate surface area is 128 Å². The zero-order valence-electron chi connectivity index (χ0n) is 12.9. The molecule has 3 aromatic rings. The molecule has 114 valence electrons. The monoisotopic (exact) mass is 297 g/mol. The highest BCUT2D eigenvalue weighted by atomic mass is 16.5. The van der Waals surface area contributed by atoms with Crippen LogP contribution < -0.4 is 16.2 Å². The number of fused-ring (bicyclic) bond motifs is 1. The Kier molecular flexibility index (Phi) is 3.41. The lowest BCUT2D eigenvalue weighted by molar-refractivity contribution is 0.419. The molecule has 3 rings (SSSR count). The van der Waals surface area contributed by atoms with E-state index in [1.165, 1.54) is 12.7 Å². The van der Waals surface area contributed by atoms with Crippen LogP contribution in [-0.4, -0.2) is 12.1 Å². The molecule has 0 radical (unpaired) electrons. The molecule has 1 heterocycles. The van der Waals surface area contributed by atoms with E-state index in [0.717, 1.165) is 16.7 Å². The van der Waals surface area contributed by atoms with Gasteiger partial charge in [-0.2, -0.15) is 0 Å². The zero-order valence-corrected chi connectivity index (χ0v) is 12.9. The van der Waals surface area contributed by atoms with Gasteiger partial charge in [-0.3, -0.25) is 0 Å². The van der Waals surface area contributed by atoms with Gasteiger partial charge in [0, 0.05) is 5.56 Å². The number of anilines is 2. The summed E-state index contributed by atoms with van der Waals surface area (Å²) in [4.78, 5) is 4.55. The largest absolute Gasteiger partial charge is 0.492 e. The molecule has 0 bridgehead atoms. The van der Waals surface area contributed by atoms with Crippen molar-refractivity contribution in [1.82, 2.24) is 4.98 Å². The molecule has 4 N–H and O–H groups in total. The summed E-state index contributed by atoms with van der Waals surface area (Å²) in [6, 6.07) is 9.55. The van der Waals surface area contributed by atoms with E-state index in [9.17, 15) is 0 Å². The number of aromatic nitrogens is 1. The first-order valence-corrected chi connectivity index (χ1v) is 7.13. The van der Waals surface area contributed by atoms with Gasteiger partial charge in [-0.25, -0.2) is 4.98 Å². The van der Waals surface area contributed by atoms with Crippen LogP contribution in [0.2, 0.25) is 0 Å². The van der Waals surface area contributed by atoms with Crippen molar-refractivity contribution in [3.8, 4) is 17.2 Å². The number of hydrogen-bond donors (Lipinski definition) is 2. The highest BCUT2D eigenvalue weighted by Crippen LogP contribution is 2.35. The van der Waals surface area contributed by atoms with E-state index < -0.39 is 0 Å². The maximum absolute atomic E-state index is 5.95. The van der Waals surface area contributed by atoms with Crippen LogP contribution in [0.15, 0.2) is 34.7 Å². The van der Waals surface area contributed by atoms with Crippen LogP contribution in [0.4, 0.5) is 11.4 Å². The standard InChI is InChI=1S/C17H19N3O2/c1-9(2)10-4-5-15-14(8-10)20-17(22-15)11-6-12(18)16(21-3)13(19)7-11/h4-9H,18-19H2,1-3H3. The second-order valence-electron chi connectivity index (χ2n) is 5.59. The molecule has 5 nitrogen and oxygen atoms in total. The van der Waals surface area contributed by atoms with Crippen LogP contribution >= 0.6 is 0 Å². The second kappa shape index (κ2) is 5.26. The van der Waals surface area contributed by atoms with Gasteiger partial charge in [-0.1, -0.05) is 19.9 Å². The predicted molar refractivity (Wildman–Crippen MR) is 88.9 cm³/mol. The fraction of sp³-hybridized carbons (Fsp3) is 0.235. The van der Waals surface area contributed by atoms with Gasteiger partial charge in [0.2, 0.25) is 5.89 Å². The number of nitrogens with zero attached hydrogens (tertiary/aromatic N) is 1. The zero-order chi connectivity index (χ0) is 15.9. The van der Waals surface area contributed by atoms with E-state index in [0.29, 0.717) is 28.9 Å². The third kappa shape index (κ3) is 2.35. The average Bonchev–Trinajstić information content (AvgIpc) is 2.89. The smallest absolute Gasteiger partial charge is 0.227 e. The second-order valence-corrected chi connectivity index (χ2v) is 5.59. The maximum atomic E-state index is 5.95. The summed E-state index contributed by atoms with van der Waals surface area (Å²) in [5, 5.41) is 0. The summed E-state index contributed by atoms with van der Waals surface area (Å²) in [5.41, 5.74) is 16.4. The first-order valence-electron chi connectivity index (χ1n) is 7.13. The van der Waals surface area contributed by atoms with E-state index >= 15 is 0 Å². The van der Waals surface area contributed by atoms with E-state index in [1.807, 2.05) is 12.1 Å². The lowest BCUT2D eigenvalue weighted by Gasteiger charge is -2.08. The minimum atomic E-state index is 0.442. The van der Waals surface area contributed by atoms with Gasteiger partial charge in [0.15, 0.2) is 11.3 Å². The van der Waals surface area contributed by atoms with Gasteiger partial charge in [0.25, 0.3) is 0 Å². The fourth-order valence-corrected chi connectivity index (χ4v) is 2.46. The first-order chi connectivity index (χ1) is 10.5. The van der Waals surface area contributed by atoms with E-state index in [-0.39, 0.29) is 0 Å². The highest BCUT2D eigenvalue weighted by molar-refractivity contribution is 5.80. The van der Waals surface area contributed by atoms with Crippen molar-refractivity contribution >= 4 is 22.5 Å². The molecule has 2 aromatic carbocycles. The van der Waals surface area contributed by atoms with E-state index in [2.05, 4.69) is 24.9 Å². The Bertz CT molecular complexity index is 814. The third-order valence-electron chi connectivity index (χ3n) is 3.68. The van der Waals surface area contributed by atoms with Gasteiger partial charge >= 0.3 is 0 Å². The van der Waals surface area contributed by atoms with Crippen molar-refractivity contribution in [3.63, 3.8) is 0 Å². The number of oxazole rings is 1. The molecular weight excluding hydrogens is 278 g/mol. The summed E-state index contributed by atoms with van der Waals surface area (Å²) < 4.78 is 11.0. The molecule has 0 fully saturated rings. The minimum absolute atomic E-state index is 0.442. The number of nitrogens with two attached hydrogens (primary N) is 2. The Morgan fingerprint density at radius 3 is 2.36 bits per heavy atom. The Hall–Kier alpha value is -2.69. The SMILES string of the molecule is COc1c(N)cc(-c2nc3cc(C(C)C)ccc3o2)cc1N. The minimum Gasteiger partial charge on any atom is -0.492 e. The molecule has 0 amide bonds. The van der Waals surface area contributed by atoms with Gasteiger partial charge in [-0.15, -0.1) is 0 Å². The summed E-state index contributed by atoms with van der Waals surface area (Å²) in [6.07, 6.45) is 0. The summed E-state index contributed by atoms with van der Waals surface area (Å²) in [7, 11) is 1.54. The first kappa shape index (κ1) is 14.3. The molecule has 0 unspecified atom stereocenters. The van der Waals surface area contributed by atoms with Crippen LogP contribution in [0.25, 0.3) is 22.6 Å². The van der Waals surface area contributed by atoms with Gasteiger partial charge in [-0.05, 0) is 35.7 Å². The lowest BCUT2D eigenvalue weighted by Crippen LogP contribution is -1.98. The molecule has 22 heavy (non-hydrogen) atoms. The number of nitrogen functional groups attached to an aromatic ring is 2. The van der Waals surface area contributed by atoms with E-state index in [4.69, 9.17) is 20.6 Å². The number of rotatable bonds is 3. The average molecular weight is 297 g/mol. The molecule has 1 aromatic heterocycles. The van der Waals surface area contributed by atoms with Crippen LogP contribution in [0, 0.1) is 0 Å². The Balaban J connectivity index is 2.10. The predicted octanol–water partition coefficient (Wildman–Crippen LogP) is 3.79. The number of hydrogen-bond acceptors (Lipinski definition) is 5. The molecule has 0 aliphatic heterocycles. The number of benzene rings is 2. The number of ether oxygens (including phenoxy) is 1. The molecule has 0 aliphatic rings. The van der Waals surface area contributed by atoms with Crippen LogP contribution in [0.5, 0.6) is 5.75 Å². The summed E-state index contributed by atoms with van der Waals surface area (Å²) in [5.74, 6) is 1.41. The number of methoxy groups -OCH3 is 1. The lowest BCUT2D eigenvalue weighted by atomic mass is 10.0. The van der Waals surface area contributed by atoms with Crippen molar-refractivity contribution in [3.05, 3.63) is 35.9 Å². The molecular formula is C17H19N3O2. The molecule has 0 spiro atoms. The van der Waals surface area contributed by atoms with Gasteiger partial charge in [0.05, 0.1) is 18.5 Å². The third-order valence-corrected chi connectivity index (χ3v) is 3.68. The van der Waals surface area contributed by atoms with Gasteiger partial charge < -0.3 is 20.6 Å². The fourth-order valence-electron chi connectivity index (χ4n) is 2.46. The Morgan fingerprint density at radius 1 is 1.09 bits per heavy atom. The molecule has 0 aliphatic carbocycles. The van der Waals surface area contributed by atoms with Crippen molar-refractivity contribution < 1.29 is 9.15 Å².